The zero-order valence-electron chi connectivity index (χ0n) is 10.1. The smallest absolute Gasteiger partial charge is 0.0851 e. The monoisotopic (exact) mass is 282 g/mol. The number of rotatable bonds is 5. The molecule has 0 aliphatic heterocycles. The Bertz CT molecular complexity index is 514. The van der Waals surface area contributed by atoms with Gasteiger partial charge in [-0.1, -0.05) is 47.6 Å². The molecule has 0 saturated heterocycles. The number of hydrazine groups is 1. The van der Waals surface area contributed by atoms with E-state index in [1.807, 2.05) is 24.3 Å². The SMILES string of the molecule is CCCc1nnsc1C(NN)c1ccccc1Cl. The van der Waals surface area contributed by atoms with Crippen molar-refractivity contribution < 1.29 is 0 Å². The number of hydrogen-bond donors (Lipinski definition) is 2. The van der Waals surface area contributed by atoms with Crippen LogP contribution in [-0.2, 0) is 6.42 Å². The lowest BCUT2D eigenvalue weighted by molar-refractivity contribution is 0.637. The lowest BCUT2D eigenvalue weighted by Crippen LogP contribution is -2.29. The van der Waals surface area contributed by atoms with Crippen molar-refractivity contribution in [2.75, 3.05) is 0 Å². The van der Waals surface area contributed by atoms with E-state index in [1.165, 1.54) is 11.5 Å². The number of nitrogens with zero attached hydrogens (tertiary/aromatic N) is 2. The summed E-state index contributed by atoms with van der Waals surface area (Å²) in [6.07, 6.45) is 1.92. The van der Waals surface area contributed by atoms with E-state index in [2.05, 4.69) is 21.9 Å². The molecule has 0 saturated carbocycles. The molecule has 0 aliphatic carbocycles. The van der Waals surface area contributed by atoms with E-state index >= 15 is 0 Å². The normalized spacial score (nSPS) is 12.6. The molecule has 0 spiro atoms. The second-order valence-electron chi connectivity index (χ2n) is 3.96. The van der Waals surface area contributed by atoms with Crippen LogP contribution in [0.5, 0.6) is 0 Å². The van der Waals surface area contributed by atoms with Crippen molar-refractivity contribution in [3.63, 3.8) is 0 Å². The highest BCUT2D eigenvalue weighted by molar-refractivity contribution is 7.05. The Morgan fingerprint density at radius 1 is 1.44 bits per heavy atom. The number of halogens is 1. The molecule has 2 aromatic rings. The molecule has 96 valence electrons. The summed E-state index contributed by atoms with van der Waals surface area (Å²) in [5.41, 5.74) is 4.75. The van der Waals surface area contributed by atoms with E-state index in [0.29, 0.717) is 5.02 Å². The molecule has 0 amide bonds. The van der Waals surface area contributed by atoms with E-state index in [-0.39, 0.29) is 6.04 Å². The molecule has 1 aromatic carbocycles. The quantitative estimate of drug-likeness (QED) is 0.654. The minimum absolute atomic E-state index is 0.153. The van der Waals surface area contributed by atoms with Crippen LogP contribution in [-0.4, -0.2) is 9.59 Å². The molecule has 4 nitrogen and oxygen atoms in total. The van der Waals surface area contributed by atoms with E-state index in [4.69, 9.17) is 17.4 Å². The zero-order chi connectivity index (χ0) is 13.0. The Hall–Kier alpha value is -1.01. The molecule has 1 aromatic heterocycles. The maximum absolute atomic E-state index is 6.21. The summed E-state index contributed by atoms with van der Waals surface area (Å²) in [4.78, 5) is 1.03. The van der Waals surface area contributed by atoms with Crippen molar-refractivity contribution in [3.05, 3.63) is 45.4 Å². The molecule has 2 rings (SSSR count). The maximum atomic E-state index is 6.21. The van der Waals surface area contributed by atoms with E-state index in [1.54, 1.807) is 0 Å². The Morgan fingerprint density at radius 3 is 2.89 bits per heavy atom. The van der Waals surface area contributed by atoms with Gasteiger partial charge in [-0.3, -0.25) is 5.84 Å². The summed E-state index contributed by atoms with van der Waals surface area (Å²) in [5.74, 6) is 5.67. The minimum atomic E-state index is -0.153. The van der Waals surface area contributed by atoms with Crippen molar-refractivity contribution in [3.8, 4) is 0 Å². The van der Waals surface area contributed by atoms with Gasteiger partial charge in [-0.05, 0) is 29.6 Å². The molecule has 0 radical (unpaired) electrons. The molecule has 3 N–H and O–H groups in total. The highest BCUT2D eigenvalue weighted by atomic mass is 35.5. The fraction of sp³-hybridized carbons (Fsp3) is 0.333. The maximum Gasteiger partial charge on any atom is 0.0851 e. The van der Waals surface area contributed by atoms with Crippen LogP contribution in [0.1, 0.15) is 35.5 Å². The molecular weight excluding hydrogens is 268 g/mol. The van der Waals surface area contributed by atoms with Gasteiger partial charge in [0.15, 0.2) is 0 Å². The minimum Gasteiger partial charge on any atom is -0.271 e. The first kappa shape index (κ1) is 13.4. The van der Waals surface area contributed by atoms with Gasteiger partial charge in [0.05, 0.1) is 16.6 Å². The summed E-state index contributed by atoms with van der Waals surface area (Å²) >= 11 is 7.58. The number of nitrogens with one attached hydrogen (secondary N) is 1. The van der Waals surface area contributed by atoms with Gasteiger partial charge in [0.2, 0.25) is 0 Å². The molecule has 6 heteroatoms. The summed E-state index contributed by atoms with van der Waals surface area (Å²) in [6, 6.07) is 7.51. The van der Waals surface area contributed by atoms with E-state index in [9.17, 15) is 0 Å². The molecule has 18 heavy (non-hydrogen) atoms. The van der Waals surface area contributed by atoms with Crippen molar-refractivity contribution in [2.45, 2.75) is 25.8 Å². The molecule has 0 bridgehead atoms. The Balaban J connectivity index is 2.39. The molecule has 0 fully saturated rings. The second-order valence-corrected chi connectivity index (χ2v) is 5.15. The fourth-order valence-electron chi connectivity index (χ4n) is 1.86. The number of nitrogens with two attached hydrogens (primary N) is 1. The van der Waals surface area contributed by atoms with Crippen molar-refractivity contribution >= 4 is 23.1 Å². The van der Waals surface area contributed by atoms with Gasteiger partial charge in [-0.15, -0.1) is 5.10 Å². The van der Waals surface area contributed by atoms with Crippen LogP contribution in [0, 0.1) is 0 Å². The first-order valence-electron chi connectivity index (χ1n) is 5.79. The van der Waals surface area contributed by atoms with Crippen molar-refractivity contribution in [1.29, 1.82) is 0 Å². The van der Waals surface area contributed by atoms with Gasteiger partial charge in [-0.25, -0.2) is 5.43 Å². The standard InChI is InChI=1S/C12H15ClN4S/c1-2-5-10-12(18-17-16-10)11(15-14)8-6-3-4-7-9(8)13/h3-4,6-7,11,15H,2,5,14H2,1H3. The highest BCUT2D eigenvalue weighted by Crippen LogP contribution is 2.31. The van der Waals surface area contributed by atoms with Crippen LogP contribution in [0.15, 0.2) is 24.3 Å². The van der Waals surface area contributed by atoms with Crippen LogP contribution in [0.25, 0.3) is 0 Å². The van der Waals surface area contributed by atoms with Gasteiger partial charge < -0.3 is 0 Å². The van der Waals surface area contributed by atoms with Gasteiger partial charge in [0, 0.05) is 5.02 Å². The number of benzene rings is 1. The zero-order valence-corrected chi connectivity index (χ0v) is 11.6. The summed E-state index contributed by atoms with van der Waals surface area (Å²) < 4.78 is 4.02. The van der Waals surface area contributed by atoms with Crippen molar-refractivity contribution in [1.82, 2.24) is 15.0 Å². The third-order valence-electron chi connectivity index (χ3n) is 2.72. The summed E-state index contributed by atoms with van der Waals surface area (Å²) in [6.45, 7) is 2.11. The predicted octanol–water partition coefficient (Wildman–Crippen LogP) is 2.70. The first-order chi connectivity index (χ1) is 8.77. The van der Waals surface area contributed by atoms with Crippen LogP contribution in [0.4, 0.5) is 0 Å². The van der Waals surface area contributed by atoms with Crippen LogP contribution >= 0.6 is 23.1 Å². The molecule has 1 unspecified atom stereocenters. The molecule has 1 atom stereocenters. The molecule has 0 aliphatic rings. The molecule has 1 heterocycles. The summed E-state index contributed by atoms with van der Waals surface area (Å²) in [7, 11) is 0. The Morgan fingerprint density at radius 2 is 2.22 bits per heavy atom. The lowest BCUT2D eigenvalue weighted by atomic mass is 10.0. The third-order valence-corrected chi connectivity index (χ3v) is 3.89. The second kappa shape index (κ2) is 6.24. The highest BCUT2D eigenvalue weighted by Gasteiger charge is 2.21. The fourth-order valence-corrected chi connectivity index (χ4v) is 2.88. The van der Waals surface area contributed by atoms with Crippen LogP contribution in [0.3, 0.4) is 0 Å². The van der Waals surface area contributed by atoms with Gasteiger partial charge in [-0.2, -0.15) is 0 Å². The van der Waals surface area contributed by atoms with Crippen LogP contribution in [0.2, 0.25) is 5.02 Å². The molecular formula is C12H15ClN4S. The largest absolute Gasteiger partial charge is 0.271 e. The number of hydrogen-bond acceptors (Lipinski definition) is 5. The van der Waals surface area contributed by atoms with Crippen molar-refractivity contribution in [2.24, 2.45) is 5.84 Å². The Labute approximate surface area is 115 Å². The average molecular weight is 283 g/mol. The Kier molecular flexibility index (Phi) is 4.66. The predicted molar refractivity (Wildman–Crippen MR) is 74.5 cm³/mol. The average Bonchev–Trinajstić information content (AvgIpc) is 2.82. The van der Waals surface area contributed by atoms with E-state index < -0.39 is 0 Å². The summed E-state index contributed by atoms with van der Waals surface area (Å²) in [5, 5.41) is 4.85. The van der Waals surface area contributed by atoms with E-state index in [0.717, 1.165) is 29.0 Å². The third kappa shape index (κ3) is 2.70. The number of aromatic nitrogens is 2. The first-order valence-corrected chi connectivity index (χ1v) is 6.94. The van der Waals surface area contributed by atoms with Gasteiger partial charge in [0.1, 0.15) is 0 Å². The van der Waals surface area contributed by atoms with Gasteiger partial charge >= 0.3 is 0 Å². The topological polar surface area (TPSA) is 63.8 Å². The lowest BCUT2D eigenvalue weighted by Gasteiger charge is -2.16. The van der Waals surface area contributed by atoms with Gasteiger partial charge in [0.25, 0.3) is 0 Å². The number of aryl methyl sites for hydroxylation is 1. The van der Waals surface area contributed by atoms with Crippen LogP contribution < -0.4 is 11.3 Å².